The first-order valence-electron chi connectivity index (χ1n) is 8.94. The van der Waals surface area contributed by atoms with Crippen molar-refractivity contribution >= 4 is 57.9 Å². The Bertz CT molecular complexity index is 1240. The zero-order valence-electron chi connectivity index (χ0n) is 15.9. The van der Waals surface area contributed by atoms with Gasteiger partial charge in [-0.3, -0.25) is 9.59 Å². The number of carbonyl (C=O) groups excluding carboxylic acids is 2. The lowest BCUT2D eigenvalue weighted by Gasteiger charge is -2.12. The van der Waals surface area contributed by atoms with Gasteiger partial charge in [0.05, 0.1) is 15.6 Å². The number of amides is 2. The van der Waals surface area contributed by atoms with Gasteiger partial charge in [-0.1, -0.05) is 29.3 Å². The van der Waals surface area contributed by atoms with Gasteiger partial charge in [-0.2, -0.15) is 0 Å². The van der Waals surface area contributed by atoms with Gasteiger partial charge in [0.2, 0.25) is 0 Å². The van der Waals surface area contributed by atoms with Crippen molar-refractivity contribution < 1.29 is 14.0 Å². The van der Waals surface area contributed by atoms with Crippen LogP contribution >= 0.6 is 35.0 Å². The number of thioether (sulfide) groups is 1. The number of hydrogen-bond acceptors (Lipinski definition) is 3. The first-order valence-corrected chi connectivity index (χ1v) is 10.5. The lowest BCUT2D eigenvalue weighted by molar-refractivity contribution is -0.113. The van der Waals surface area contributed by atoms with Crippen LogP contribution in [0.3, 0.4) is 0 Å². The van der Waals surface area contributed by atoms with Crippen LogP contribution in [0, 0.1) is 19.7 Å². The minimum atomic E-state index is -0.488. The van der Waals surface area contributed by atoms with Crippen LogP contribution in [-0.4, -0.2) is 15.7 Å². The minimum absolute atomic E-state index is 0.0317. The Morgan fingerprint density at radius 1 is 1.00 bits per heavy atom. The second kappa shape index (κ2) is 7.95. The molecule has 4 rings (SSSR count). The van der Waals surface area contributed by atoms with Gasteiger partial charge in [-0.15, -0.1) is 0 Å². The van der Waals surface area contributed by atoms with Crippen LogP contribution in [0.1, 0.15) is 17.0 Å². The Morgan fingerprint density at radius 2 is 1.77 bits per heavy atom. The fourth-order valence-corrected chi connectivity index (χ4v) is 4.59. The van der Waals surface area contributed by atoms with Crippen LogP contribution in [-0.2, 0) is 4.79 Å². The number of carbonyl (C=O) groups is 2. The lowest BCUT2D eigenvalue weighted by Crippen LogP contribution is -2.27. The van der Waals surface area contributed by atoms with Gasteiger partial charge in [0.15, 0.2) is 0 Å². The number of rotatable bonds is 3. The molecule has 1 fully saturated rings. The zero-order valence-corrected chi connectivity index (χ0v) is 18.3. The van der Waals surface area contributed by atoms with Crippen LogP contribution in [0.15, 0.2) is 53.4 Å². The highest BCUT2D eigenvalue weighted by atomic mass is 35.5. The molecule has 0 N–H and O–H groups in total. The molecular weight excluding hydrogens is 446 g/mol. The van der Waals surface area contributed by atoms with Crippen LogP contribution in [0.4, 0.5) is 14.9 Å². The van der Waals surface area contributed by atoms with E-state index in [1.165, 1.54) is 6.07 Å². The summed E-state index contributed by atoms with van der Waals surface area (Å²) in [5, 5.41) is 0.0915. The van der Waals surface area contributed by atoms with Gasteiger partial charge in [-0.25, -0.2) is 9.29 Å². The predicted molar refractivity (Wildman–Crippen MR) is 120 cm³/mol. The molecule has 1 aliphatic heterocycles. The minimum Gasteiger partial charge on any atom is -0.318 e. The molecule has 0 spiro atoms. The molecule has 8 heteroatoms. The van der Waals surface area contributed by atoms with Gasteiger partial charge >= 0.3 is 0 Å². The molecule has 0 aliphatic carbocycles. The molecule has 0 atom stereocenters. The third-order valence-corrected chi connectivity index (χ3v) is 6.17. The maximum absolute atomic E-state index is 13.5. The van der Waals surface area contributed by atoms with E-state index in [9.17, 15) is 14.0 Å². The van der Waals surface area contributed by atoms with Crippen molar-refractivity contribution in [3.05, 3.63) is 86.2 Å². The summed E-state index contributed by atoms with van der Waals surface area (Å²) in [6.07, 6.45) is 1.69. The number of hydrogen-bond donors (Lipinski definition) is 0. The van der Waals surface area contributed by atoms with Gasteiger partial charge in [0, 0.05) is 22.1 Å². The van der Waals surface area contributed by atoms with Crippen molar-refractivity contribution in [3.8, 4) is 5.69 Å². The third kappa shape index (κ3) is 3.67. The van der Waals surface area contributed by atoms with Crippen molar-refractivity contribution in [3.63, 3.8) is 0 Å². The molecule has 0 radical (unpaired) electrons. The average molecular weight is 461 g/mol. The Kier molecular flexibility index (Phi) is 5.49. The Labute approximate surface area is 186 Å². The average Bonchev–Trinajstić information content (AvgIpc) is 3.12. The second-order valence-electron chi connectivity index (χ2n) is 6.76. The Morgan fingerprint density at radius 3 is 2.47 bits per heavy atom. The van der Waals surface area contributed by atoms with E-state index in [2.05, 4.69) is 0 Å². The highest BCUT2D eigenvalue weighted by Gasteiger charge is 2.36. The number of imide groups is 1. The molecule has 2 aromatic carbocycles. The van der Waals surface area contributed by atoms with Crippen molar-refractivity contribution in [2.45, 2.75) is 13.8 Å². The predicted octanol–water partition coefficient (Wildman–Crippen LogP) is 6.78. The first-order chi connectivity index (χ1) is 14.3. The highest BCUT2D eigenvalue weighted by molar-refractivity contribution is 8.19. The summed E-state index contributed by atoms with van der Waals surface area (Å²) in [5.74, 6) is -0.889. The van der Waals surface area contributed by atoms with Crippen LogP contribution < -0.4 is 4.90 Å². The molecule has 0 bridgehead atoms. The Hall–Kier alpha value is -2.54. The maximum atomic E-state index is 13.5. The van der Waals surface area contributed by atoms with Gasteiger partial charge in [-0.05, 0) is 79.7 Å². The monoisotopic (exact) mass is 460 g/mol. The molecule has 2 heterocycles. The molecule has 2 amide bonds. The summed E-state index contributed by atoms with van der Waals surface area (Å²) in [6, 6.07) is 13.0. The number of aryl methyl sites for hydroxylation is 1. The summed E-state index contributed by atoms with van der Waals surface area (Å²) in [6.45, 7) is 3.79. The molecule has 3 aromatic rings. The largest absolute Gasteiger partial charge is 0.318 e. The zero-order chi connectivity index (χ0) is 21.6. The number of benzene rings is 2. The normalized spacial score (nSPS) is 15.5. The number of halogens is 3. The molecule has 30 heavy (non-hydrogen) atoms. The molecule has 4 nitrogen and oxygen atoms in total. The molecule has 1 aliphatic rings. The standard InChI is InChI=1S/C22H15Cl2FN2O2S/c1-12-8-14(13(2)26(12)17-6-7-19(25)18(24)11-17)9-20-21(28)27(22(29)30-20)16-5-3-4-15(23)10-16/h3-11H,1-2H3/b20-9+. The fraction of sp³-hybridized carbons (Fsp3) is 0.0909. The quantitative estimate of drug-likeness (QED) is 0.404. The van der Waals surface area contributed by atoms with Gasteiger partial charge in [0.25, 0.3) is 11.1 Å². The van der Waals surface area contributed by atoms with Gasteiger partial charge < -0.3 is 4.57 Å². The molecule has 152 valence electrons. The SMILES string of the molecule is Cc1cc(/C=C2/SC(=O)N(c3cccc(Cl)c3)C2=O)c(C)n1-c1ccc(F)c(Cl)c1. The molecule has 1 saturated heterocycles. The second-order valence-corrected chi connectivity index (χ2v) is 8.59. The molecule has 0 unspecified atom stereocenters. The summed E-state index contributed by atoms with van der Waals surface area (Å²) in [7, 11) is 0. The van der Waals surface area contributed by atoms with E-state index in [0.29, 0.717) is 21.3 Å². The summed E-state index contributed by atoms with van der Waals surface area (Å²) < 4.78 is 15.5. The summed E-state index contributed by atoms with van der Waals surface area (Å²) >= 11 is 12.8. The van der Waals surface area contributed by atoms with Crippen LogP contribution in [0.25, 0.3) is 11.8 Å². The lowest BCUT2D eigenvalue weighted by atomic mass is 10.2. The van der Waals surface area contributed by atoms with Crippen molar-refractivity contribution in [1.82, 2.24) is 4.57 Å². The summed E-state index contributed by atoms with van der Waals surface area (Å²) in [5.41, 5.74) is 3.65. The van der Waals surface area contributed by atoms with E-state index in [1.54, 1.807) is 42.5 Å². The van der Waals surface area contributed by atoms with E-state index >= 15 is 0 Å². The van der Waals surface area contributed by atoms with E-state index in [0.717, 1.165) is 33.6 Å². The number of anilines is 1. The number of nitrogens with zero attached hydrogens (tertiary/aromatic N) is 2. The van der Waals surface area contributed by atoms with Gasteiger partial charge in [0.1, 0.15) is 5.82 Å². The van der Waals surface area contributed by atoms with E-state index in [-0.39, 0.29) is 10.3 Å². The fourth-order valence-electron chi connectivity index (χ4n) is 3.40. The first kappa shape index (κ1) is 20.7. The summed E-state index contributed by atoms with van der Waals surface area (Å²) in [4.78, 5) is 26.8. The van der Waals surface area contributed by atoms with Crippen LogP contribution in [0.2, 0.25) is 10.0 Å². The van der Waals surface area contributed by atoms with Crippen molar-refractivity contribution in [2.75, 3.05) is 4.90 Å². The van der Waals surface area contributed by atoms with E-state index in [1.807, 2.05) is 24.5 Å². The highest BCUT2D eigenvalue weighted by Crippen LogP contribution is 2.37. The molecular formula is C22H15Cl2FN2O2S. The Balaban J connectivity index is 1.71. The van der Waals surface area contributed by atoms with E-state index < -0.39 is 11.7 Å². The third-order valence-electron chi connectivity index (χ3n) is 4.78. The van der Waals surface area contributed by atoms with Crippen LogP contribution in [0.5, 0.6) is 0 Å². The van der Waals surface area contributed by atoms with E-state index in [4.69, 9.17) is 23.2 Å². The topological polar surface area (TPSA) is 42.3 Å². The molecule has 0 saturated carbocycles. The molecule has 1 aromatic heterocycles. The number of aromatic nitrogens is 1. The maximum Gasteiger partial charge on any atom is 0.298 e. The van der Waals surface area contributed by atoms with Crippen molar-refractivity contribution in [2.24, 2.45) is 0 Å². The van der Waals surface area contributed by atoms with Crippen molar-refractivity contribution in [1.29, 1.82) is 0 Å². The smallest absolute Gasteiger partial charge is 0.298 e.